The summed E-state index contributed by atoms with van der Waals surface area (Å²) in [6.45, 7) is 3.01. The highest BCUT2D eigenvalue weighted by atomic mass is 16.5. The van der Waals surface area contributed by atoms with Crippen LogP contribution in [0.25, 0.3) is 0 Å². The van der Waals surface area contributed by atoms with Gasteiger partial charge in [0.15, 0.2) is 0 Å². The number of ether oxygens (including phenoxy) is 2. The van der Waals surface area contributed by atoms with Gasteiger partial charge in [0.05, 0.1) is 26.5 Å². The van der Waals surface area contributed by atoms with Crippen molar-refractivity contribution >= 4 is 5.82 Å². The summed E-state index contributed by atoms with van der Waals surface area (Å²) in [6, 6.07) is 6.15. The Morgan fingerprint density at radius 3 is 2.90 bits per heavy atom. The molecule has 3 rings (SSSR count). The Bertz CT molecular complexity index is 622. The second kappa shape index (κ2) is 5.07. The van der Waals surface area contributed by atoms with Crippen molar-refractivity contribution in [1.29, 1.82) is 0 Å². The van der Waals surface area contributed by atoms with Gasteiger partial charge in [0.1, 0.15) is 17.3 Å². The molecule has 5 nitrogen and oxygen atoms in total. The van der Waals surface area contributed by atoms with Crippen LogP contribution in [0.5, 0.6) is 11.5 Å². The number of rotatable bonds is 3. The quantitative estimate of drug-likeness (QED) is 0.934. The van der Waals surface area contributed by atoms with Gasteiger partial charge < -0.3 is 14.8 Å². The fourth-order valence-electron chi connectivity index (χ4n) is 2.74. The lowest BCUT2D eigenvalue weighted by molar-refractivity contribution is 0.379. The first-order valence-electron chi connectivity index (χ1n) is 6.74. The Balaban J connectivity index is 2.06. The molecule has 0 aliphatic carbocycles. The Morgan fingerprint density at radius 1 is 1.30 bits per heavy atom. The molecule has 0 saturated carbocycles. The van der Waals surface area contributed by atoms with Crippen LogP contribution in [0.3, 0.4) is 0 Å². The Morgan fingerprint density at radius 2 is 2.15 bits per heavy atom. The standard InChI is InChI=1S/C15H19N3O2/c1-10-9-17-18-13(6-7-16-15(10)18)12-5-4-11(19-2)8-14(12)20-3/h4-5,8-9,13,16H,6-7H2,1-3H3. The maximum Gasteiger partial charge on any atom is 0.127 e. The maximum absolute atomic E-state index is 5.52. The minimum atomic E-state index is 0.195. The van der Waals surface area contributed by atoms with Gasteiger partial charge in [-0.2, -0.15) is 5.10 Å². The number of nitrogens with one attached hydrogen (secondary N) is 1. The van der Waals surface area contributed by atoms with E-state index in [0.29, 0.717) is 0 Å². The van der Waals surface area contributed by atoms with Crippen molar-refractivity contribution in [2.75, 3.05) is 26.1 Å². The number of anilines is 1. The monoisotopic (exact) mass is 273 g/mol. The molecule has 1 N–H and O–H groups in total. The molecule has 20 heavy (non-hydrogen) atoms. The summed E-state index contributed by atoms with van der Waals surface area (Å²) in [4.78, 5) is 0. The van der Waals surface area contributed by atoms with Crippen LogP contribution >= 0.6 is 0 Å². The first-order valence-corrected chi connectivity index (χ1v) is 6.74. The van der Waals surface area contributed by atoms with Gasteiger partial charge in [0.2, 0.25) is 0 Å². The first-order chi connectivity index (χ1) is 9.74. The highest BCUT2D eigenvalue weighted by molar-refractivity contribution is 5.49. The van der Waals surface area contributed by atoms with Gasteiger partial charge in [-0.05, 0) is 25.5 Å². The van der Waals surface area contributed by atoms with Crippen LogP contribution < -0.4 is 14.8 Å². The molecule has 0 spiro atoms. The molecule has 106 valence electrons. The number of benzene rings is 1. The molecule has 1 atom stereocenters. The third-order valence-corrected chi connectivity index (χ3v) is 3.78. The largest absolute Gasteiger partial charge is 0.497 e. The number of fused-ring (bicyclic) bond motifs is 1. The van der Waals surface area contributed by atoms with Crippen LogP contribution in [0.4, 0.5) is 5.82 Å². The van der Waals surface area contributed by atoms with Crippen LogP contribution in [-0.2, 0) is 0 Å². The summed E-state index contributed by atoms with van der Waals surface area (Å²) in [7, 11) is 3.35. The Labute approximate surface area is 118 Å². The predicted octanol–water partition coefficient (Wildman–Crippen LogP) is 2.61. The maximum atomic E-state index is 5.52. The third-order valence-electron chi connectivity index (χ3n) is 3.78. The van der Waals surface area contributed by atoms with Gasteiger partial charge >= 0.3 is 0 Å². The summed E-state index contributed by atoms with van der Waals surface area (Å²) < 4.78 is 12.8. The van der Waals surface area contributed by atoms with Crippen molar-refractivity contribution in [2.45, 2.75) is 19.4 Å². The lowest BCUT2D eigenvalue weighted by Crippen LogP contribution is -2.25. The van der Waals surface area contributed by atoms with Gasteiger partial charge in [-0.25, -0.2) is 4.68 Å². The third kappa shape index (κ3) is 1.99. The van der Waals surface area contributed by atoms with E-state index in [1.165, 1.54) is 5.56 Å². The Hall–Kier alpha value is -2.17. The molecule has 1 aromatic carbocycles. The molecule has 2 aromatic rings. The fourth-order valence-corrected chi connectivity index (χ4v) is 2.74. The van der Waals surface area contributed by atoms with E-state index < -0.39 is 0 Å². The SMILES string of the molecule is COc1ccc(C2CCNc3c(C)cnn32)c(OC)c1. The predicted molar refractivity (Wildman–Crippen MR) is 77.8 cm³/mol. The highest BCUT2D eigenvalue weighted by Gasteiger charge is 2.25. The van der Waals surface area contributed by atoms with Crippen LogP contribution in [0.1, 0.15) is 23.6 Å². The minimum absolute atomic E-state index is 0.195. The molecular weight excluding hydrogens is 254 g/mol. The summed E-state index contributed by atoms with van der Waals surface area (Å²) in [5.74, 6) is 2.74. The van der Waals surface area contributed by atoms with Gasteiger partial charge in [-0.1, -0.05) is 0 Å². The van der Waals surface area contributed by atoms with E-state index in [4.69, 9.17) is 9.47 Å². The van der Waals surface area contributed by atoms with Crippen molar-refractivity contribution in [2.24, 2.45) is 0 Å². The van der Waals surface area contributed by atoms with Gasteiger partial charge in [0.25, 0.3) is 0 Å². The van der Waals surface area contributed by atoms with Crippen molar-refractivity contribution < 1.29 is 9.47 Å². The molecule has 5 heteroatoms. The number of hydrogen-bond acceptors (Lipinski definition) is 4. The normalized spacial score (nSPS) is 17.2. The van der Waals surface area contributed by atoms with Crippen LogP contribution in [-0.4, -0.2) is 30.5 Å². The molecule has 0 radical (unpaired) electrons. The number of aryl methyl sites for hydroxylation is 1. The van der Waals surface area contributed by atoms with E-state index >= 15 is 0 Å². The van der Waals surface area contributed by atoms with Gasteiger partial charge in [-0.15, -0.1) is 0 Å². The van der Waals surface area contributed by atoms with Crippen molar-refractivity contribution in [3.05, 3.63) is 35.5 Å². The van der Waals surface area contributed by atoms with E-state index in [-0.39, 0.29) is 6.04 Å². The molecule has 1 unspecified atom stereocenters. The summed E-state index contributed by atoms with van der Waals surface area (Å²) in [6.07, 6.45) is 2.88. The van der Waals surface area contributed by atoms with Gasteiger partial charge in [-0.3, -0.25) is 0 Å². The van der Waals surface area contributed by atoms with Crippen molar-refractivity contribution in [3.63, 3.8) is 0 Å². The number of aromatic nitrogens is 2. The smallest absolute Gasteiger partial charge is 0.127 e. The molecule has 1 aromatic heterocycles. The van der Waals surface area contributed by atoms with Crippen molar-refractivity contribution in [1.82, 2.24) is 9.78 Å². The molecule has 1 aliphatic rings. The molecule has 0 bridgehead atoms. The van der Waals surface area contributed by atoms with Crippen LogP contribution in [0, 0.1) is 6.92 Å². The molecule has 1 aliphatic heterocycles. The summed E-state index contributed by atoms with van der Waals surface area (Å²) in [5, 5.41) is 7.91. The lowest BCUT2D eigenvalue weighted by Gasteiger charge is -2.27. The van der Waals surface area contributed by atoms with E-state index in [9.17, 15) is 0 Å². The number of hydrogen-bond donors (Lipinski definition) is 1. The zero-order valence-corrected chi connectivity index (χ0v) is 12.0. The van der Waals surface area contributed by atoms with Crippen LogP contribution in [0.15, 0.2) is 24.4 Å². The molecular formula is C15H19N3O2. The van der Waals surface area contributed by atoms with E-state index in [1.54, 1.807) is 14.2 Å². The van der Waals surface area contributed by atoms with E-state index in [0.717, 1.165) is 35.8 Å². The fraction of sp³-hybridized carbons (Fsp3) is 0.400. The number of methoxy groups -OCH3 is 2. The van der Waals surface area contributed by atoms with Crippen LogP contribution in [0.2, 0.25) is 0 Å². The number of nitrogens with zero attached hydrogens (tertiary/aromatic N) is 2. The van der Waals surface area contributed by atoms with E-state index in [2.05, 4.69) is 23.4 Å². The first kappa shape index (κ1) is 12.8. The summed E-state index contributed by atoms with van der Waals surface area (Å²) >= 11 is 0. The molecule has 0 fully saturated rings. The minimum Gasteiger partial charge on any atom is -0.497 e. The van der Waals surface area contributed by atoms with E-state index in [1.807, 2.05) is 23.0 Å². The summed E-state index contributed by atoms with van der Waals surface area (Å²) in [5.41, 5.74) is 2.31. The Kier molecular flexibility index (Phi) is 3.26. The molecule has 0 saturated heterocycles. The van der Waals surface area contributed by atoms with Gasteiger partial charge in [0, 0.05) is 23.7 Å². The lowest BCUT2D eigenvalue weighted by atomic mass is 10.0. The zero-order valence-electron chi connectivity index (χ0n) is 12.0. The average Bonchev–Trinajstić information content (AvgIpc) is 2.88. The highest BCUT2D eigenvalue weighted by Crippen LogP contribution is 2.37. The molecule has 2 heterocycles. The second-order valence-corrected chi connectivity index (χ2v) is 4.96. The second-order valence-electron chi connectivity index (χ2n) is 4.96. The topological polar surface area (TPSA) is 48.3 Å². The zero-order chi connectivity index (χ0) is 14.1. The average molecular weight is 273 g/mol. The molecule has 0 amide bonds. The van der Waals surface area contributed by atoms with Crippen molar-refractivity contribution in [3.8, 4) is 11.5 Å².